The van der Waals surface area contributed by atoms with E-state index in [1.54, 1.807) is 25.3 Å². The first-order valence-corrected chi connectivity index (χ1v) is 8.19. The number of benzene rings is 1. The number of carbonyl (C=O) groups is 1. The molecule has 0 aliphatic heterocycles. The molecule has 0 unspecified atom stereocenters. The smallest absolute Gasteiger partial charge is 0.256 e. The summed E-state index contributed by atoms with van der Waals surface area (Å²) in [5.41, 5.74) is 0.245. The van der Waals surface area contributed by atoms with Crippen LogP contribution in [0.25, 0.3) is 0 Å². The maximum Gasteiger partial charge on any atom is 0.256 e. The van der Waals surface area contributed by atoms with Gasteiger partial charge in [-0.1, -0.05) is 25.7 Å². The van der Waals surface area contributed by atoms with Crippen LogP contribution < -0.4 is 10.1 Å². The molecule has 124 valence electrons. The summed E-state index contributed by atoms with van der Waals surface area (Å²) in [4.78, 5) is 12.7. The minimum Gasteiger partial charge on any atom is -0.492 e. The molecule has 1 aliphatic rings. The second-order valence-electron chi connectivity index (χ2n) is 5.82. The van der Waals surface area contributed by atoms with E-state index < -0.39 is 5.60 Å². The minimum atomic E-state index is -0.762. The van der Waals surface area contributed by atoms with Gasteiger partial charge < -0.3 is 14.8 Å². The topological polar surface area (TPSA) is 71.3 Å². The number of anilines is 1. The summed E-state index contributed by atoms with van der Waals surface area (Å²) in [5.74, 6) is 0.402. The molecule has 0 heterocycles. The fourth-order valence-electron chi connectivity index (χ4n) is 3.05. The van der Waals surface area contributed by atoms with Crippen molar-refractivity contribution >= 4 is 11.6 Å². The Morgan fingerprint density at radius 2 is 2.00 bits per heavy atom. The van der Waals surface area contributed by atoms with Gasteiger partial charge in [-0.2, -0.15) is 5.26 Å². The van der Waals surface area contributed by atoms with Gasteiger partial charge in [0.2, 0.25) is 0 Å². The average molecular weight is 316 g/mol. The lowest BCUT2D eigenvalue weighted by Crippen LogP contribution is -2.44. The van der Waals surface area contributed by atoms with E-state index in [-0.39, 0.29) is 5.91 Å². The number of hydrogen-bond acceptors (Lipinski definition) is 4. The van der Waals surface area contributed by atoms with Crippen LogP contribution in [0.4, 0.5) is 5.69 Å². The largest absolute Gasteiger partial charge is 0.492 e. The van der Waals surface area contributed by atoms with Crippen molar-refractivity contribution in [3.8, 4) is 11.8 Å². The molecule has 23 heavy (non-hydrogen) atoms. The van der Waals surface area contributed by atoms with Crippen LogP contribution in [-0.2, 0) is 9.53 Å². The normalized spacial score (nSPS) is 16.9. The molecule has 1 aliphatic carbocycles. The standard InChI is InChI=1S/C18H24N2O3/c1-3-23-16-9-8-15(12-14(16)13-19)20-17(21)18(22-2)10-6-4-5-7-11-18/h8-9,12H,3-7,10-11H2,1-2H3,(H,20,21). The van der Waals surface area contributed by atoms with Crippen molar-refractivity contribution in [1.82, 2.24) is 0 Å². The molecule has 0 radical (unpaired) electrons. The summed E-state index contributed by atoms with van der Waals surface area (Å²) in [7, 11) is 1.60. The summed E-state index contributed by atoms with van der Waals surface area (Å²) in [6.45, 7) is 2.36. The van der Waals surface area contributed by atoms with Crippen molar-refractivity contribution in [2.24, 2.45) is 0 Å². The molecule has 1 amide bonds. The number of amides is 1. The van der Waals surface area contributed by atoms with Crippen LogP contribution in [0.15, 0.2) is 18.2 Å². The Hall–Kier alpha value is -2.06. The average Bonchev–Trinajstić information content (AvgIpc) is 2.83. The van der Waals surface area contributed by atoms with Gasteiger partial charge in [-0.25, -0.2) is 0 Å². The molecular formula is C18H24N2O3. The predicted octanol–water partition coefficient (Wildman–Crippen LogP) is 3.63. The molecule has 1 saturated carbocycles. The number of carbonyl (C=O) groups excluding carboxylic acids is 1. The highest BCUT2D eigenvalue weighted by Crippen LogP contribution is 2.32. The number of rotatable bonds is 5. The Morgan fingerprint density at radius 1 is 1.30 bits per heavy atom. The molecule has 1 N–H and O–H groups in total. The maximum absolute atomic E-state index is 12.7. The number of nitrogens with zero attached hydrogens (tertiary/aromatic N) is 1. The first kappa shape index (κ1) is 17.3. The summed E-state index contributed by atoms with van der Waals surface area (Å²) in [6.07, 6.45) is 5.73. The van der Waals surface area contributed by atoms with E-state index in [1.165, 1.54) is 0 Å². The third kappa shape index (κ3) is 4.02. The highest BCUT2D eigenvalue weighted by molar-refractivity contribution is 5.97. The van der Waals surface area contributed by atoms with Crippen LogP contribution >= 0.6 is 0 Å². The molecule has 5 heteroatoms. The summed E-state index contributed by atoms with van der Waals surface area (Å²) < 4.78 is 11.0. The Morgan fingerprint density at radius 3 is 2.57 bits per heavy atom. The van der Waals surface area contributed by atoms with Crippen molar-refractivity contribution in [3.63, 3.8) is 0 Å². The van der Waals surface area contributed by atoms with Crippen LogP contribution in [0.1, 0.15) is 51.0 Å². The third-order valence-electron chi connectivity index (χ3n) is 4.37. The Kier molecular flexibility index (Phi) is 6.00. The van der Waals surface area contributed by atoms with Gasteiger partial charge >= 0.3 is 0 Å². The van der Waals surface area contributed by atoms with Crippen LogP contribution in [0, 0.1) is 11.3 Å². The van der Waals surface area contributed by atoms with Crippen molar-refractivity contribution < 1.29 is 14.3 Å². The maximum atomic E-state index is 12.7. The van der Waals surface area contributed by atoms with Gasteiger partial charge in [0.15, 0.2) is 0 Å². The predicted molar refractivity (Wildman–Crippen MR) is 88.4 cm³/mol. The second-order valence-corrected chi connectivity index (χ2v) is 5.82. The molecule has 1 fully saturated rings. The van der Waals surface area contributed by atoms with Gasteiger partial charge in [-0.05, 0) is 38.0 Å². The minimum absolute atomic E-state index is 0.130. The van der Waals surface area contributed by atoms with Gasteiger partial charge in [-0.15, -0.1) is 0 Å². The Bertz CT molecular complexity index is 584. The van der Waals surface area contributed by atoms with E-state index in [0.29, 0.717) is 23.6 Å². The molecule has 0 bridgehead atoms. The van der Waals surface area contributed by atoms with Gasteiger partial charge in [0.25, 0.3) is 5.91 Å². The first-order valence-electron chi connectivity index (χ1n) is 8.19. The SMILES string of the molecule is CCOc1ccc(NC(=O)C2(OC)CCCCCC2)cc1C#N. The Balaban J connectivity index is 2.17. The molecule has 0 aromatic heterocycles. The highest BCUT2D eigenvalue weighted by atomic mass is 16.5. The molecule has 2 rings (SSSR count). The third-order valence-corrected chi connectivity index (χ3v) is 4.37. The van der Waals surface area contributed by atoms with E-state index >= 15 is 0 Å². The molecule has 5 nitrogen and oxygen atoms in total. The molecule has 1 aromatic carbocycles. The number of methoxy groups -OCH3 is 1. The molecule has 0 spiro atoms. The van der Waals surface area contributed by atoms with E-state index in [2.05, 4.69) is 11.4 Å². The number of nitriles is 1. The number of hydrogen-bond donors (Lipinski definition) is 1. The van der Waals surface area contributed by atoms with Gasteiger partial charge in [-0.3, -0.25) is 4.79 Å². The van der Waals surface area contributed by atoms with Crippen LogP contribution in [0.5, 0.6) is 5.75 Å². The van der Waals surface area contributed by atoms with Gasteiger partial charge in [0.1, 0.15) is 17.4 Å². The van der Waals surface area contributed by atoms with Gasteiger partial charge in [0.05, 0.1) is 12.2 Å². The Labute approximate surface area is 137 Å². The quantitative estimate of drug-likeness (QED) is 0.842. The van der Waals surface area contributed by atoms with Crippen LogP contribution in [-0.4, -0.2) is 25.2 Å². The lowest BCUT2D eigenvalue weighted by Gasteiger charge is -2.29. The monoisotopic (exact) mass is 316 g/mol. The fraction of sp³-hybridized carbons (Fsp3) is 0.556. The number of nitrogens with one attached hydrogen (secondary N) is 1. The fourth-order valence-corrected chi connectivity index (χ4v) is 3.05. The van der Waals surface area contributed by atoms with Crippen molar-refractivity contribution in [3.05, 3.63) is 23.8 Å². The number of ether oxygens (including phenoxy) is 2. The highest BCUT2D eigenvalue weighted by Gasteiger charge is 2.38. The zero-order valence-corrected chi connectivity index (χ0v) is 13.9. The molecule has 1 aromatic rings. The summed E-state index contributed by atoms with van der Waals surface area (Å²) >= 11 is 0. The molecule has 0 atom stereocenters. The molecular weight excluding hydrogens is 292 g/mol. The lowest BCUT2D eigenvalue weighted by atomic mass is 9.93. The zero-order valence-electron chi connectivity index (χ0n) is 13.9. The van der Waals surface area contributed by atoms with E-state index in [4.69, 9.17) is 9.47 Å². The van der Waals surface area contributed by atoms with E-state index in [9.17, 15) is 10.1 Å². The zero-order chi connectivity index (χ0) is 16.7. The van der Waals surface area contributed by atoms with Crippen molar-refractivity contribution in [1.29, 1.82) is 5.26 Å². The lowest BCUT2D eigenvalue weighted by molar-refractivity contribution is -0.139. The van der Waals surface area contributed by atoms with Gasteiger partial charge in [0, 0.05) is 12.8 Å². The molecule has 0 saturated heterocycles. The second kappa shape index (κ2) is 7.98. The van der Waals surface area contributed by atoms with E-state index in [1.807, 2.05) is 6.92 Å². The first-order chi connectivity index (χ1) is 11.1. The summed E-state index contributed by atoms with van der Waals surface area (Å²) in [5, 5.41) is 12.1. The van der Waals surface area contributed by atoms with Crippen molar-refractivity contribution in [2.75, 3.05) is 19.0 Å². The van der Waals surface area contributed by atoms with E-state index in [0.717, 1.165) is 38.5 Å². The summed E-state index contributed by atoms with van der Waals surface area (Å²) in [6, 6.07) is 7.21. The van der Waals surface area contributed by atoms with Crippen molar-refractivity contribution in [2.45, 2.75) is 51.0 Å². The van der Waals surface area contributed by atoms with Crippen LogP contribution in [0.3, 0.4) is 0 Å². The van der Waals surface area contributed by atoms with Crippen LogP contribution in [0.2, 0.25) is 0 Å².